The fourth-order valence-electron chi connectivity index (χ4n) is 1.91. The Morgan fingerprint density at radius 1 is 1.27 bits per heavy atom. The highest BCUT2D eigenvalue weighted by atomic mass is 16.5. The summed E-state index contributed by atoms with van der Waals surface area (Å²) < 4.78 is 5.69. The van der Waals surface area contributed by atoms with Crippen LogP contribution in [0.1, 0.15) is 39.0 Å². The van der Waals surface area contributed by atoms with Crippen LogP contribution in [0.25, 0.3) is 0 Å². The summed E-state index contributed by atoms with van der Waals surface area (Å²) in [5.74, 6) is 0. The smallest absolute Gasteiger partial charge is 0.0804 e. The predicted molar refractivity (Wildman–Crippen MR) is 46.5 cm³/mol. The van der Waals surface area contributed by atoms with E-state index >= 15 is 0 Å². The quantitative estimate of drug-likeness (QED) is 0.676. The molecule has 0 bridgehead atoms. The normalized spacial score (nSPS) is 23.5. The second-order valence-corrected chi connectivity index (χ2v) is 3.38. The zero-order chi connectivity index (χ0) is 8.16. The molecule has 0 aromatic heterocycles. The SMILES string of the molecule is CCOC1(CN)CCCCC1. The summed E-state index contributed by atoms with van der Waals surface area (Å²) in [5.41, 5.74) is 5.75. The summed E-state index contributed by atoms with van der Waals surface area (Å²) in [5, 5.41) is 0. The lowest BCUT2D eigenvalue weighted by Gasteiger charge is -2.35. The Bertz CT molecular complexity index is 103. The Balaban J connectivity index is 2.42. The van der Waals surface area contributed by atoms with E-state index in [4.69, 9.17) is 10.5 Å². The summed E-state index contributed by atoms with van der Waals surface area (Å²) in [7, 11) is 0. The van der Waals surface area contributed by atoms with Crippen molar-refractivity contribution in [1.29, 1.82) is 0 Å². The molecule has 1 aliphatic carbocycles. The van der Waals surface area contributed by atoms with Crippen molar-refractivity contribution in [3.05, 3.63) is 0 Å². The van der Waals surface area contributed by atoms with Crippen molar-refractivity contribution < 1.29 is 4.74 Å². The van der Waals surface area contributed by atoms with E-state index in [9.17, 15) is 0 Å². The maximum Gasteiger partial charge on any atom is 0.0804 e. The van der Waals surface area contributed by atoms with Crippen LogP contribution in [0, 0.1) is 0 Å². The van der Waals surface area contributed by atoms with Gasteiger partial charge in [0.2, 0.25) is 0 Å². The van der Waals surface area contributed by atoms with Crippen molar-refractivity contribution in [2.45, 2.75) is 44.6 Å². The van der Waals surface area contributed by atoms with Gasteiger partial charge >= 0.3 is 0 Å². The van der Waals surface area contributed by atoms with Gasteiger partial charge in [0.1, 0.15) is 0 Å². The third kappa shape index (κ3) is 2.17. The lowest BCUT2D eigenvalue weighted by atomic mass is 9.85. The van der Waals surface area contributed by atoms with Gasteiger partial charge in [0.25, 0.3) is 0 Å². The molecule has 0 amide bonds. The van der Waals surface area contributed by atoms with Gasteiger partial charge in [-0.2, -0.15) is 0 Å². The topological polar surface area (TPSA) is 35.2 Å². The van der Waals surface area contributed by atoms with Gasteiger partial charge in [-0.25, -0.2) is 0 Å². The first kappa shape index (κ1) is 9.01. The first-order chi connectivity index (χ1) is 5.33. The Hall–Kier alpha value is -0.0800. The van der Waals surface area contributed by atoms with Gasteiger partial charge in [0, 0.05) is 13.2 Å². The van der Waals surface area contributed by atoms with Crippen molar-refractivity contribution in [2.75, 3.05) is 13.2 Å². The average molecular weight is 157 g/mol. The Morgan fingerprint density at radius 3 is 2.36 bits per heavy atom. The molecule has 0 aromatic rings. The van der Waals surface area contributed by atoms with Crippen LogP contribution in [0.5, 0.6) is 0 Å². The molecule has 0 atom stereocenters. The summed E-state index contributed by atoms with van der Waals surface area (Å²) >= 11 is 0. The largest absolute Gasteiger partial charge is 0.374 e. The summed E-state index contributed by atoms with van der Waals surface area (Å²) in [6, 6.07) is 0. The summed E-state index contributed by atoms with van der Waals surface area (Å²) in [4.78, 5) is 0. The summed E-state index contributed by atoms with van der Waals surface area (Å²) in [6.45, 7) is 3.55. The van der Waals surface area contributed by atoms with Crippen LogP contribution in [0.2, 0.25) is 0 Å². The molecule has 0 heterocycles. The second kappa shape index (κ2) is 4.07. The molecule has 11 heavy (non-hydrogen) atoms. The van der Waals surface area contributed by atoms with Crippen LogP contribution in [-0.4, -0.2) is 18.8 Å². The molecule has 0 saturated heterocycles. The molecule has 2 heteroatoms. The van der Waals surface area contributed by atoms with Crippen molar-refractivity contribution >= 4 is 0 Å². The molecule has 1 aliphatic rings. The minimum absolute atomic E-state index is 0.0486. The molecule has 2 N–H and O–H groups in total. The molecule has 1 fully saturated rings. The molecule has 66 valence electrons. The van der Waals surface area contributed by atoms with E-state index in [0.717, 1.165) is 19.4 Å². The van der Waals surface area contributed by atoms with E-state index in [-0.39, 0.29) is 5.60 Å². The van der Waals surface area contributed by atoms with E-state index in [2.05, 4.69) is 0 Å². The van der Waals surface area contributed by atoms with Crippen LogP contribution < -0.4 is 5.73 Å². The van der Waals surface area contributed by atoms with E-state index in [1.54, 1.807) is 0 Å². The van der Waals surface area contributed by atoms with Crippen molar-refractivity contribution in [2.24, 2.45) is 5.73 Å². The highest BCUT2D eigenvalue weighted by Gasteiger charge is 2.30. The molecule has 0 spiro atoms. The number of rotatable bonds is 3. The van der Waals surface area contributed by atoms with Crippen LogP contribution in [0.4, 0.5) is 0 Å². The molecule has 0 aromatic carbocycles. The van der Waals surface area contributed by atoms with Crippen LogP contribution in [-0.2, 0) is 4.74 Å². The van der Waals surface area contributed by atoms with Gasteiger partial charge in [-0.05, 0) is 19.8 Å². The van der Waals surface area contributed by atoms with E-state index in [1.807, 2.05) is 6.92 Å². The van der Waals surface area contributed by atoms with E-state index in [1.165, 1.54) is 19.3 Å². The average Bonchev–Trinajstić information content (AvgIpc) is 2.07. The van der Waals surface area contributed by atoms with Crippen LogP contribution >= 0.6 is 0 Å². The Morgan fingerprint density at radius 2 is 1.91 bits per heavy atom. The minimum Gasteiger partial charge on any atom is -0.374 e. The lowest BCUT2D eigenvalue weighted by molar-refractivity contribution is -0.0572. The molecule has 0 unspecified atom stereocenters. The monoisotopic (exact) mass is 157 g/mol. The standard InChI is InChI=1S/C9H19NO/c1-2-11-9(8-10)6-4-3-5-7-9/h2-8,10H2,1H3. The van der Waals surface area contributed by atoms with Crippen molar-refractivity contribution in [1.82, 2.24) is 0 Å². The molecule has 2 nitrogen and oxygen atoms in total. The number of nitrogens with two attached hydrogens (primary N) is 1. The fraction of sp³-hybridized carbons (Fsp3) is 1.00. The van der Waals surface area contributed by atoms with Gasteiger partial charge in [-0.15, -0.1) is 0 Å². The van der Waals surface area contributed by atoms with Gasteiger partial charge in [-0.3, -0.25) is 0 Å². The number of hydrogen-bond acceptors (Lipinski definition) is 2. The molecular weight excluding hydrogens is 138 g/mol. The van der Waals surface area contributed by atoms with E-state index < -0.39 is 0 Å². The number of hydrogen-bond donors (Lipinski definition) is 1. The van der Waals surface area contributed by atoms with Gasteiger partial charge in [-0.1, -0.05) is 19.3 Å². The van der Waals surface area contributed by atoms with Crippen LogP contribution in [0.3, 0.4) is 0 Å². The molecule has 0 aliphatic heterocycles. The van der Waals surface area contributed by atoms with Gasteiger partial charge < -0.3 is 10.5 Å². The van der Waals surface area contributed by atoms with Crippen LogP contribution in [0.15, 0.2) is 0 Å². The molecule has 1 saturated carbocycles. The Labute approximate surface area is 69.1 Å². The maximum absolute atomic E-state index is 5.70. The summed E-state index contributed by atoms with van der Waals surface area (Å²) in [6.07, 6.45) is 6.26. The fourth-order valence-corrected chi connectivity index (χ4v) is 1.91. The first-order valence-corrected chi connectivity index (χ1v) is 4.67. The predicted octanol–water partition coefficient (Wildman–Crippen LogP) is 1.68. The van der Waals surface area contributed by atoms with Gasteiger partial charge in [0.15, 0.2) is 0 Å². The molecule has 0 radical (unpaired) electrons. The highest BCUT2D eigenvalue weighted by Crippen LogP contribution is 2.30. The van der Waals surface area contributed by atoms with Gasteiger partial charge in [0.05, 0.1) is 5.60 Å². The Kier molecular flexibility index (Phi) is 3.34. The third-order valence-electron chi connectivity index (χ3n) is 2.59. The molecular formula is C9H19NO. The van der Waals surface area contributed by atoms with E-state index in [0.29, 0.717) is 6.54 Å². The highest BCUT2D eigenvalue weighted by molar-refractivity contribution is 4.85. The van der Waals surface area contributed by atoms with Crippen molar-refractivity contribution in [3.63, 3.8) is 0 Å². The molecule has 1 rings (SSSR count). The third-order valence-corrected chi connectivity index (χ3v) is 2.59. The van der Waals surface area contributed by atoms with Crippen molar-refractivity contribution in [3.8, 4) is 0 Å². The zero-order valence-electron chi connectivity index (χ0n) is 7.44. The minimum atomic E-state index is 0.0486. The first-order valence-electron chi connectivity index (χ1n) is 4.67. The lowest BCUT2D eigenvalue weighted by Crippen LogP contribution is -2.42. The number of ether oxygens (including phenoxy) is 1. The second-order valence-electron chi connectivity index (χ2n) is 3.38. The zero-order valence-corrected chi connectivity index (χ0v) is 7.44. The maximum atomic E-state index is 5.70.